The van der Waals surface area contributed by atoms with Crippen LogP contribution >= 0.6 is 0 Å². The van der Waals surface area contributed by atoms with Gasteiger partial charge in [0.2, 0.25) is 5.91 Å². The molecule has 0 aromatic carbocycles. The van der Waals surface area contributed by atoms with Crippen LogP contribution in [0.2, 0.25) is 0 Å². The molecule has 4 atom stereocenters. The van der Waals surface area contributed by atoms with E-state index < -0.39 is 0 Å². The molecule has 3 aliphatic rings. The molecule has 0 bridgehead atoms. The highest BCUT2D eigenvalue weighted by atomic mass is 16.5. The number of hydrogen-bond acceptors (Lipinski definition) is 4. The Bertz CT molecular complexity index is 357. The average molecular weight is 295 g/mol. The third-order valence-electron chi connectivity index (χ3n) is 5.30. The van der Waals surface area contributed by atoms with Crippen molar-refractivity contribution in [3.8, 4) is 0 Å². The van der Waals surface area contributed by atoms with Gasteiger partial charge in [0.15, 0.2) is 0 Å². The maximum Gasteiger partial charge on any atom is 0.237 e. The number of piperidine rings is 1. The van der Waals surface area contributed by atoms with Crippen molar-refractivity contribution in [3.05, 3.63) is 0 Å². The molecule has 2 N–H and O–H groups in total. The van der Waals surface area contributed by atoms with Gasteiger partial charge in [-0.05, 0) is 58.0 Å². The summed E-state index contributed by atoms with van der Waals surface area (Å²) < 4.78 is 5.70. The first-order valence-electron chi connectivity index (χ1n) is 8.61. The Kier molecular flexibility index (Phi) is 5.14. The van der Waals surface area contributed by atoms with Gasteiger partial charge >= 0.3 is 0 Å². The van der Waals surface area contributed by atoms with E-state index in [0.717, 1.165) is 45.5 Å². The standard InChI is InChI=1S/C16H29N3O2/c1-12-15(6-9-21-12)19-8-3-4-13(11-19)10-18-16(20)14-5-2-7-17-14/h12-15,17H,2-11H2,1H3,(H,18,20). The summed E-state index contributed by atoms with van der Waals surface area (Å²) in [7, 11) is 0. The summed E-state index contributed by atoms with van der Waals surface area (Å²) in [6, 6.07) is 0.632. The molecular weight excluding hydrogens is 266 g/mol. The third-order valence-corrected chi connectivity index (χ3v) is 5.30. The Morgan fingerprint density at radius 1 is 1.33 bits per heavy atom. The normalized spacial score (nSPS) is 37.8. The average Bonchev–Trinajstić information content (AvgIpc) is 3.16. The number of rotatable bonds is 4. The monoisotopic (exact) mass is 295 g/mol. The lowest BCUT2D eigenvalue weighted by atomic mass is 9.95. The fourth-order valence-electron chi connectivity index (χ4n) is 4.04. The van der Waals surface area contributed by atoms with Crippen molar-refractivity contribution in [3.63, 3.8) is 0 Å². The number of carbonyl (C=O) groups excluding carboxylic acids is 1. The van der Waals surface area contributed by atoms with Gasteiger partial charge in [0, 0.05) is 25.7 Å². The smallest absolute Gasteiger partial charge is 0.237 e. The van der Waals surface area contributed by atoms with Crippen LogP contribution in [0.5, 0.6) is 0 Å². The largest absolute Gasteiger partial charge is 0.377 e. The Morgan fingerprint density at radius 3 is 2.95 bits per heavy atom. The Morgan fingerprint density at radius 2 is 2.24 bits per heavy atom. The SMILES string of the molecule is CC1OCCC1N1CCCC(CNC(=O)C2CCCN2)C1. The minimum Gasteiger partial charge on any atom is -0.377 e. The molecule has 3 heterocycles. The molecule has 0 aromatic rings. The van der Waals surface area contributed by atoms with Crippen LogP contribution in [0.1, 0.15) is 39.0 Å². The molecule has 5 nitrogen and oxygen atoms in total. The zero-order chi connectivity index (χ0) is 14.7. The molecule has 0 spiro atoms. The van der Waals surface area contributed by atoms with Crippen LogP contribution in [0, 0.1) is 5.92 Å². The van der Waals surface area contributed by atoms with E-state index in [2.05, 4.69) is 22.5 Å². The van der Waals surface area contributed by atoms with E-state index in [4.69, 9.17) is 4.74 Å². The third kappa shape index (κ3) is 3.76. The number of nitrogens with one attached hydrogen (secondary N) is 2. The molecule has 0 aliphatic carbocycles. The highest BCUT2D eigenvalue weighted by Crippen LogP contribution is 2.25. The highest BCUT2D eigenvalue weighted by Gasteiger charge is 2.33. The van der Waals surface area contributed by atoms with Gasteiger partial charge < -0.3 is 15.4 Å². The van der Waals surface area contributed by atoms with E-state index in [1.54, 1.807) is 0 Å². The first-order valence-corrected chi connectivity index (χ1v) is 8.61. The van der Waals surface area contributed by atoms with Crippen LogP contribution < -0.4 is 10.6 Å². The number of nitrogens with zero attached hydrogens (tertiary/aromatic N) is 1. The van der Waals surface area contributed by atoms with Gasteiger partial charge in [-0.15, -0.1) is 0 Å². The number of likely N-dealkylation sites (tertiary alicyclic amines) is 1. The zero-order valence-corrected chi connectivity index (χ0v) is 13.1. The maximum atomic E-state index is 12.1. The lowest BCUT2D eigenvalue weighted by Crippen LogP contribution is -2.49. The summed E-state index contributed by atoms with van der Waals surface area (Å²) in [5.74, 6) is 0.791. The lowest BCUT2D eigenvalue weighted by Gasteiger charge is -2.38. The summed E-state index contributed by atoms with van der Waals surface area (Å²) in [5.41, 5.74) is 0. The first-order chi connectivity index (χ1) is 10.2. The maximum absolute atomic E-state index is 12.1. The topological polar surface area (TPSA) is 53.6 Å². The van der Waals surface area contributed by atoms with Crippen molar-refractivity contribution in [2.45, 2.75) is 57.2 Å². The van der Waals surface area contributed by atoms with Crippen molar-refractivity contribution in [1.29, 1.82) is 0 Å². The molecule has 3 rings (SSSR count). The molecule has 3 aliphatic heterocycles. The second-order valence-corrected chi connectivity index (χ2v) is 6.83. The number of hydrogen-bond donors (Lipinski definition) is 2. The molecular formula is C16H29N3O2. The molecule has 4 unspecified atom stereocenters. The molecule has 3 fully saturated rings. The van der Waals surface area contributed by atoms with E-state index in [-0.39, 0.29) is 11.9 Å². The van der Waals surface area contributed by atoms with Crippen LogP contribution in [-0.4, -0.2) is 61.8 Å². The summed E-state index contributed by atoms with van der Waals surface area (Å²) in [5, 5.41) is 6.42. The van der Waals surface area contributed by atoms with Crippen LogP contribution in [0.25, 0.3) is 0 Å². The van der Waals surface area contributed by atoms with Crippen molar-refractivity contribution in [1.82, 2.24) is 15.5 Å². The van der Waals surface area contributed by atoms with Crippen LogP contribution in [0.4, 0.5) is 0 Å². The predicted octanol–water partition coefficient (Wildman–Crippen LogP) is 0.744. The molecule has 21 heavy (non-hydrogen) atoms. The molecule has 5 heteroatoms. The Balaban J connectivity index is 1.44. The lowest BCUT2D eigenvalue weighted by molar-refractivity contribution is -0.123. The van der Waals surface area contributed by atoms with Crippen LogP contribution in [0.15, 0.2) is 0 Å². The van der Waals surface area contributed by atoms with Gasteiger partial charge in [-0.3, -0.25) is 9.69 Å². The highest BCUT2D eigenvalue weighted by molar-refractivity contribution is 5.81. The molecule has 0 radical (unpaired) electrons. The van der Waals surface area contributed by atoms with Gasteiger partial charge in [-0.1, -0.05) is 0 Å². The van der Waals surface area contributed by atoms with E-state index in [0.29, 0.717) is 18.1 Å². The van der Waals surface area contributed by atoms with E-state index in [1.807, 2.05) is 0 Å². The van der Waals surface area contributed by atoms with E-state index in [9.17, 15) is 4.79 Å². The van der Waals surface area contributed by atoms with Gasteiger partial charge in [0.1, 0.15) is 0 Å². The minimum absolute atomic E-state index is 0.0490. The second kappa shape index (κ2) is 7.07. The quantitative estimate of drug-likeness (QED) is 0.803. The van der Waals surface area contributed by atoms with Gasteiger partial charge in [0.25, 0.3) is 0 Å². The summed E-state index contributed by atoms with van der Waals surface area (Å²) in [6.45, 7) is 7.19. The Labute approximate surface area is 127 Å². The minimum atomic E-state index is 0.0490. The molecule has 3 saturated heterocycles. The van der Waals surface area contributed by atoms with Crippen molar-refractivity contribution >= 4 is 5.91 Å². The second-order valence-electron chi connectivity index (χ2n) is 6.83. The molecule has 1 amide bonds. The predicted molar refractivity (Wildman–Crippen MR) is 82.2 cm³/mol. The van der Waals surface area contributed by atoms with E-state index in [1.165, 1.54) is 19.4 Å². The molecule has 120 valence electrons. The van der Waals surface area contributed by atoms with Crippen molar-refractivity contribution in [2.75, 3.05) is 32.8 Å². The summed E-state index contributed by atoms with van der Waals surface area (Å²) in [4.78, 5) is 14.7. The van der Waals surface area contributed by atoms with Crippen LogP contribution in [0.3, 0.4) is 0 Å². The Hall–Kier alpha value is -0.650. The first kappa shape index (κ1) is 15.3. The zero-order valence-electron chi connectivity index (χ0n) is 13.1. The number of carbonyl (C=O) groups is 1. The van der Waals surface area contributed by atoms with Crippen molar-refractivity contribution < 1.29 is 9.53 Å². The number of amides is 1. The van der Waals surface area contributed by atoms with Crippen LogP contribution in [-0.2, 0) is 9.53 Å². The summed E-state index contributed by atoms with van der Waals surface area (Å²) in [6.07, 6.45) is 6.10. The fraction of sp³-hybridized carbons (Fsp3) is 0.938. The van der Waals surface area contributed by atoms with E-state index >= 15 is 0 Å². The summed E-state index contributed by atoms with van der Waals surface area (Å²) >= 11 is 0. The molecule has 0 aromatic heterocycles. The number of ether oxygens (including phenoxy) is 1. The van der Waals surface area contributed by atoms with Gasteiger partial charge in [0.05, 0.1) is 12.1 Å². The van der Waals surface area contributed by atoms with Gasteiger partial charge in [-0.2, -0.15) is 0 Å². The van der Waals surface area contributed by atoms with Crippen molar-refractivity contribution in [2.24, 2.45) is 5.92 Å². The van der Waals surface area contributed by atoms with Gasteiger partial charge in [-0.25, -0.2) is 0 Å². The fourth-order valence-corrected chi connectivity index (χ4v) is 4.04. The molecule has 0 saturated carbocycles.